The molecular weight excluding hydrogens is 258 g/mol. The van der Waals surface area contributed by atoms with Gasteiger partial charge >= 0.3 is 0 Å². The molecule has 1 heterocycles. The van der Waals surface area contributed by atoms with Crippen molar-refractivity contribution in [2.45, 2.75) is 46.6 Å². The van der Waals surface area contributed by atoms with Gasteiger partial charge < -0.3 is 5.32 Å². The van der Waals surface area contributed by atoms with Crippen molar-refractivity contribution in [2.75, 3.05) is 6.54 Å². The van der Waals surface area contributed by atoms with Gasteiger partial charge in [0.1, 0.15) is 0 Å². The Morgan fingerprint density at radius 1 is 1.14 bits per heavy atom. The van der Waals surface area contributed by atoms with Crippen molar-refractivity contribution in [1.29, 1.82) is 0 Å². The Morgan fingerprint density at radius 3 is 2.38 bits per heavy atom. The summed E-state index contributed by atoms with van der Waals surface area (Å²) in [7, 11) is 2.00. The van der Waals surface area contributed by atoms with Crippen LogP contribution in [0.15, 0.2) is 24.4 Å². The largest absolute Gasteiger partial charge is 0.310 e. The fraction of sp³-hybridized carbons (Fsp3) is 0.500. The monoisotopic (exact) mass is 285 g/mol. The number of likely N-dealkylation sites (N-methyl/N-ethyl adjacent to an activating group) is 1. The van der Waals surface area contributed by atoms with Gasteiger partial charge in [0.2, 0.25) is 0 Å². The number of nitrogens with zero attached hydrogens (tertiary/aromatic N) is 2. The molecule has 1 unspecified atom stereocenters. The Bertz CT molecular complexity index is 578. The van der Waals surface area contributed by atoms with E-state index in [0.717, 1.165) is 19.4 Å². The molecule has 0 amide bonds. The van der Waals surface area contributed by atoms with Gasteiger partial charge in [-0.3, -0.25) is 4.68 Å². The van der Waals surface area contributed by atoms with Crippen molar-refractivity contribution in [2.24, 2.45) is 7.05 Å². The molecule has 0 spiro atoms. The SMILES string of the molecule is CCNC(Cc1cc(C)cc(C)c1)c1cn(C)nc1CC. The molecule has 0 bridgehead atoms. The van der Waals surface area contributed by atoms with Gasteiger partial charge in [-0.15, -0.1) is 0 Å². The lowest BCUT2D eigenvalue weighted by Gasteiger charge is -2.18. The highest BCUT2D eigenvalue weighted by molar-refractivity contribution is 5.31. The molecule has 0 fully saturated rings. The lowest BCUT2D eigenvalue weighted by Crippen LogP contribution is -2.23. The topological polar surface area (TPSA) is 29.9 Å². The third-order valence-electron chi connectivity index (χ3n) is 3.82. The molecule has 2 rings (SSSR count). The second-order valence-corrected chi connectivity index (χ2v) is 5.87. The second kappa shape index (κ2) is 6.90. The highest BCUT2D eigenvalue weighted by Crippen LogP contribution is 2.23. The van der Waals surface area contributed by atoms with Crippen LogP contribution in [0.25, 0.3) is 0 Å². The minimum atomic E-state index is 0.333. The smallest absolute Gasteiger partial charge is 0.0669 e. The first-order valence-electron chi connectivity index (χ1n) is 7.86. The first-order valence-corrected chi connectivity index (χ1v) is 7.86. The van der Waals surface area contributed by atoms with Gasteiger partial charge in [0.15, 0.2) is 0 Å². The van der Waals surface area contributed by atoms with Crippen molar-refractivity contribution < 1.29 is 0 Å². The summed E-state index contributed by atoms with van der Waals surface area (Å²) in [5.41, 5.74) is 6.60. The normalized spacial score (nSPS) is 12.6. The van der Waals surface area contributed by atoms with E-state index in [0.29, 0.717) is 6.04 Å². The van der Waals surface area contributed by atoms with Crippen LogP contribution in [0.1, 0.15) is 47.8 Å². The molecule has 0 saturated heterocycles. The molecular formula is C18H27N3. The molecule has 0 aliphatic rings. The third kappa shape index (κ3) is 3.94. The average molecular weight is 285 g/mol. The fourth-order valence-corrected chi connectivity index (χ4v) is 3.08. The maximum absolute atomic E-state index is 4.59. The summed E-state index contributed by atoms with van der Waals surface area (Å²) < 4.78 is 1.93. The van der Waals surface area contributed by atoms with Crippen LogP contribution in [-0.2, 0) is 19.9 Å². The summed E-state index contributed by atoms with van der Waals surface area (Å²) >= 11 is 0. The van der Waals surface area contributed by atoms with Gasteiger partial charge in [-0.05, 0) is 38.8 Å². The highest BCUT2D eigenvalue weighted by Gasteiger charge is 2.17. The van der Waals surface area contributed by atoms with Crippen molar-refractivity contribution in [3.63, 3.8) is 0 Å². The van der Waals surface area contributed by atoms with E-state index in [-0.39, 0.29) is 0 Å². The minimum Gasteiger partial charge on any atom is -0.310 e. The van der Waals surface area contributed by atoms with E-state index in [2.05, 4.69) is 62.5 Å². The van der Waals surface area contributed by atoms with Crippen LogP contribution in [0.2, 0.25) is 0 Å². The summed E-state index contributed by atoms with van der Waals surface area (Å²) in [5.74, 6) is 0. The zero-order chi connectivity index (χ0) is 15.4. The lowest BCUT2D eigenvalue weighted by atomic mass is 9.96. The molecule has 21 heavy (non-hydrogen) atoms. The van der Waals surface area contributed by atoms with E-state index < -0.39 is 0 Å². The van der Waals surface area contributed by atoms with E-state index in [1.807, 2.05) is 11.7 Å². The molecule has 1 atom stereocenters. The van der Waals surface area contributed by atoms with Gasteiger partial charge in [0, 0.05) is 24.8 Å². The van der Waals surface area contributed by atoms with Crippen molar-refractivity contribution in [1.82, 2.24) is 15.1 Å². The second-order valence-electron chi connectivity index (χ2n) is 5.87. The molecule has 3 nitrogen and oxygen atoms in total. The summed E-state index contributed by atoms with van der Waals surface area (Å²) in [6.45, 7) is 9.64. The van der Waals surface area contributed by atoms with Crippen LogP contribution in [0.4, 0.5) is 0 Å². The number of hydrogen-bond acceptors (Lipinski definition) is 2. The summed E-state index contributed by atoms with van der Waals surface area (Å²) in [4.78, 5) is 0. The van der Waals surface area contributed by atoms with Gasteiger partial charge in [-0.2, -0.15) is 5.10 Å². The van der Waals surface area contributed by atoms with E-state index in [1.165, 1.54) is 27.9 Å². The quantitative estimate of drug-likeness (QED) is 0.880. The van der Waals surface area contributed by atoms with E-state index >= 15 is 0 Å². The average Bonchev–Trinajstić information content (AvgIpc) is 2.78. The number of nitrogens with one attached hydrogen (secondary N) is 1. The number of rotatable bonds is 6. The van der Waals surface area contributed by atoms with Crippen LogP contribution in [0.3, 0.4) is 0 Å². The summed E-state index contributed by atoms with van der Waals surface area (Å²) in [6, 6.07) is 7.14. The summed E-state index contributed by atoms with van der Waals surface area (Å²) in [5, 5.41) is 8.21. The molecule has 0 aliphatic heterocycles. The van der Waals surface area contributed by atoms with Gasteiger partial charge in [0.25, 0.3) is 0 Å². The number of aryl methyl sites for hydroxylation is 4. The van der Waals surface area contributed by atoms with Crippen LogP contribution >= 0.6 is 0 Å². The first-order chi connectivity index (χ1) is 10.0. The molecule has 2 aromatic rings. The fourth-order valence-electron chi connectivity index (χ4n) is 3.08. The Labute approximate surface area is 128 Å². The molecule has 114 valence electrons. The number of benzene rings is 1. The predicted octanol–water partition coefficient (Wildman–Crippen LogP) is 3.49. The van der Waals surface area contributed by atoms with Gasteiger partial charge in [0.05, 0.1) is 5.69 Å². The highest BCUT2D eigenvalue weighted by atomic mass is 15.3. The molecule has 1 aromatic carbocycles. The predicted molar refractivity (Wildman–Crippen MR) is 88.6 cm³/mol. The van der Waals surface area contributed by atoms with Crippen molar-refractivity contribution in [3.05, 3.63) is 52.3 Å². The number of hydrogen-bond donors (Lipinski definition) is 1. The van der Waals surface area contributed by atoms with E-state index in [9.17, 15) is 0 Å². The Hall–Kier alpha value is -1.61. The molecule has 0 radical (unpaired) electrons. The van der Waals surface area contributed by atoms with Gasteiger partial charge in [-0.1, -0.05) is 43.2 Å². The Morgan fingerprint density at radius 2 is 1.81 bits per heavy atom. The Kier molecular flexibility index (Phi) is 5.18. The summed E-state index contributed by atoms with van der Waals surface area (Å²) in [6.07, 6.45) is 4.15. The molecule has 3 heteroatoms. The van der Waals surface area contributed by atoms with Gasteiger partial charge in [-0.25, -0.2) is 0 Å². The van der Waals surface area contributed by atoms with Crippen LogP contribution in [-0.4, -0.2) is 16.3 Å². The third-order valence-corrected chi connectivity index (χ3v) is 3.82. The van der Waals surface area contributed by atoms with Crippen LogP contribution < -0.4 is 5.32 Å². The van der Waals surface area contributed by atoms with E-state index in [4.69, 9.17) is 0 Å². The van der Waals surface area contributed by atoms with Crippen LogP contribution in [0.5, 0.6) is 0 Å². The standard InChI is InChI=1S/C18H27N3/c1-6-17-16(12-21(5)20-17)18(19-7-2)11-15-9-13(3)8-14(4)10-15/h8-10,12,18-19H,6-7,11H2,1-5H3. The maximum atomic E-state index is 4.59. The zero-order valence-corrected chi connectivity index (χ0v) is 13.9. The molecule has 1 aromatic heterocycles. The Balaban J connectivity index is 2.30. The molecule has 0 aliphatic carbocycles. The van der Waals surface area contributed by atoms with Crippen LogP contribution in [0, 0.1) is 13.8 Å². The maximum Gasteiger partial charge on any atom is 0.0669 e. The zero-order valence-electron chi connectivity index (χ0n) is 13.9. The lowest BCUT2D eigenvalue weighted by molar-refractivity contribution is 0.545. The first kappa shape index (κ1) is 15.8. The minimum absolute atomic E-state index is 0.333. The van der Waals surface area contributed by atoms with Crippen molar-refractivity contribution >= 4 is 0 Å². The van der Waals surface area contributed by atoms with Crippen molar-refractivity contribution in [3.8, 4) is 0 Å². The van der Waals surface area contributed by atoms with E-state index in [1.54, 1.807) is 0 Å². The molecule has 1 N–H and O–H groups in total. The number of aromatic nitrogens is 2. The molecule has 0 saturated carbocycles.